The molecule has 0 atom stereocenters. The van der Waals surface area contributed by atoms with Crippen molar-refractivity contribution in [3.8, 4) is 0 Å². The Morgan fingerprint density at radius 3 is 2.67 bits per heavy atom. The van der Waals surface area contributed by atoms with Crippen molar-refractivity contribution in [1.29, 1.82) is 0 Å². The summed E-state index contributed by atoms with van der Waals surface area (Å²) in [5.41, 5.74) is 0.426. The van der Waals surface area contributed by atoms with Crippen molar-refractivity contribution < 1.29 is 14.7 Å². The van der Waals surface area contributed by atoms with E-state index in [1.807, 2.05) is 0 Å². The molecule has 0 aliphatic carbocycles. The van der Waals surface area contributed by atoms with Crippen LogP contribution in [0.2, 0.25) is 0 Å². The lowest BCUT2D eigenvalue weighted by atomic mass is 9.80. The van der Waals surface area contributed by atoms with Gasteiger partial charge in [0.1, 0.15) is 0 Å². The second-order valence-electron chi connectivity index (χ2n) is 5.62. The van der Waals surface area contributed by atoms with Gasteiger partial charge in [0, 0.05) is 25.5 Å². The van der Waals surface area contributed by atoms with Crippen molar-refractivity contribution in [1.82, 2.24) is 19.5 Å². The van der Waals surface area contributed by atoms with Crippen LogP contribution >= 0.6 is 0 Å². The highest BCUT2D eigenvalue weighted by atomic mass is 16.4. The van der Waals surface area contributed by atoms with Gasteiger partial charge in [0.2, 0.25) is 0 Å². The molecule has 7 nitrogen and oxygen atoms in total. The zero-order valence-corrected chi connectivity index (χ0v) is 11.7. The average Bonchev–Trinajstić information content (AvgIpc) is 2.91. The first-order valence-corrected chi connectivity index (χ1v) is 6.81. The van der Waals surface area contributed by atoms with E-state index in [1.54, 1.807) is 34.9 Å². The lowest BCUT2D eigenvalue weighted by Gasteiger charge is -2.36. The van der Waals surface area contributed by atoms with Gasteiger partial charge in [-0.15, -0.1) is 0 Å². The van der Waals surface area contributed by atoms with E-state index in [4.69, 9.17) is 0 Å². The summed E-state index contributed by atoms with van der Waals surface area (Å²) >= 11 is 0. The molecule has 0 unspecified atom stereocenters. The number of carboxylic acid groups (broad SMARTS) is 1. The number of amides is 1. The first kappa shape index (κ1) is 13.5. The van der Waals surface area contributed by atoms with Crippen molar-refractivity contribution in [2.24, 2.45) is 5.41 Å². The Bertz CT molecular complexity index is 701. The molecule has 2 aromatic heterocycles. The molecule has 2 aromatic rings. The Hall–Kier alpha value is -2.44. The molecule has 3 rings (SSSR count). The fourth-order valence-electron chi connectivity index (χ4n) is 2.59. The van der Waals surface area contributed by atoms with E-state index < -0.39 is 11.4 Å². The van der Waals surface area contributed by atoms with Crippen molar-refractivity contribution in [3.05, 3.63) is 30.4 Å². The second kappa shape index (κ2) is 4.83. The number of hydrogen-bond donors (Lipinski definition) is 1. The highest BCUT2D eigenvalue weighted by Gasteiger charge is 2.38. The number of piperidine rings is 1. The van der Waals surface area contributed by atoms with Gasteiger partial charge in [0.25, 0.3) is 5.91 Å². The summed E-state index contributed by atoms with van der Waals surface area (Å²) in [5.74, 6) is -0.916. The largest absolute Gasteiger partial charge is 0.481 e. The van der Waals surface area contributed by atoms with Crippen LogP contribution in [0.3, 0.4) is 0 Å². The first-order chi connectivity index (χ1) is 10.0. The van der Waals surface area contributed by atoms with Gasteiger partial charge >= 0.3 is 5.97 Å². The Balaban J connectivity index is 1.80. The number of fused-ring (bicyclic) bond motifs is 1. The van der Waals surface area contributed by atoms with Crippen LogP contribution in [0.15, 0.2) is 24.8 Å². The molecule has 0 aromatic carbocycles. The van der Waals surface area contributed by atoms with Gasteiger partial charge in [-0.1, -0.05) is 0 Å². The summed E-state index contributed by atoms with van der Waals surface area (Å²) in [6.45, 7) is 2.62. The third-order valence-corrected chi connectivity index (χ3v) is 4.23. The van der Waals surface area contributed by atoms with E-state index >= 15 is 0 Å². The topological polar surface area (TPSA) is 87.8 Å². The smallest absolute Gasteiger partial charge is 0.309 e. The average molecular weight is 288 g/mol. The van der Waals surface area contributed by atoms with Crippen molar-refractivity contribution in [2.45, 2.75) is 19.8 Å². The van der Waals surface area contributed by atoms with Crippen LogP contribution in [0.4, 0.5) is 0 Å². The molecular weight excluding hydrogens is 272 g/mol. The van der Waals surface area contributed by atoms with Crippen molar-refractivity contribution in [3.63, 3.8) is 0 Å². The molecule has 3 heterocycles. The van der Waals surface area contributed by atoms with Crippen LogP contribution in [0, 0.1) is 5.41 Å². The maximum atomic E-state index is 12.6. The summed E-state index contributed by atoms with van der Waals surface area (Å²) in [7, 11) is 0. The molecule has 21 heavy (non-hydrogen) atoms. The minimum Gasteiger partial charge on any atom is -0.481 e. The van der Waals surface area contributed by atoms with Gasteiger partial charge in [0.15, 0.2) is 0 Å². The second-order valence-corrected chi connectivity index (χ2v) is 5.62. The quantitative estimate of drug-likeness (QED) is 0.892. The number of carboxylic acids is 1. The van der Waals surface area contributed by atoms with Crippen LogP contribution in [-0.2, 0) is 4.79 Å². The Morgan fingerprint density at radius 2 is 2.00 bits per heavy atom. The highest BCUT2D eigenvalue weighted by molar-refractivity contribution is 6.00. The van der Waals surface area contributed by atoms with E-state index in [-0.39, 0.29) is 5.91 Å². The molecule has 0 saturated carbocycles. The number of rotatable bonds is 2. The maximum Gasteiger partial charge on any atom is 0.309 e. The fraction of sp³-hybridized carbons (Fsp3) is 0.429. The van der Waals surface area contributed by atoms with Crippen LogP contribution in [0.5, 0.6) is 0 Å². The molecule has 1 saturated heterocycles. The third kappa shape index (κ3) is 2.24. The molecule has 1 N–H and O–H groups in total. The Morgan fingerprint density at radius 1 is 1.29 bits per heavy atom. The van der Waals surface area contributed by atoms with Gasteiger partial charge in [-0.05, 0) is 19.8 Å². The van der Waals surface area contributed by atoms with Crippen LogP contribution < -0.4 is 0 Å². The molecule has 110 valence electrons. The predicted octanol–water partition coefficient (Wildman–Crippen LogP) is 1.06. The highest BCUT2D eigenvalue weighted by Crippen LogP contribution is 2.31. The normalized spacial score (nSPS) is 17.9. The molecular formula is C14H16N4O3. The first-order valence-electron chi connectivity index (χ1n) is 6.81. The van der Waals surface area contributed by atoms with Gasteiger partial charge in [-0.3, -0.25) is 14.6 Å². The van der Waals surface area contributed by atoms with E-state index in [0.717, 1.165) is 0 Å². The fourth-order valence-corrected chi connectivity index (χ4v) is 2.59. The Kier molecular flexibility index (Phi) is 3.12. The summed E-state index contributed by atoms with van der Waals surface area (Å²) < 4.78 is 1.60. The molecule has 0 spiro atoms. The molecule has 1 amide bonds. The number of hydrogen-bond acceptors (Lipinski definition) is 4. The monoisotopic (exact) mass is 288 g/mol. The lowest BCUT2D eigenvalue weighted by Crippen LogP contribution is -2.45. The number of nitrogens with zero attached hydrogens (tertiary/aromatic N) is 4. The molecule has 1 aliphatic rings. The number of aromatic nitrogens is 3. The summed E-state index contributed by atoms with van der Waals surface area (Å²) in [6.07, 6.45) is 7.35. The lowest BCUT2D eigenvalue weighted by molar-refractivity contribution is -0.150. The van der Waals surface area contributed by atoms with Crippen molar-refractivity contribution in [2.75, 3.05) is 13.1 Å². The van der Waals surface area contributed by atoms with Gasteiger partial charge < -0.3 is 10.0 Å². The van der Waals surface area contributed by atoms with Gasteiger partial charge in [0.05, 0.1) is 28.9 Å². The zero-order valence-electron chi connectivity index (χ0n) is 11.7. The van der Waals surface area contributed by atoms with Crippen molar-refractivity contribution >= 4 is 17.4 Å². The maximum absolute atomic E-state index is 12.6. The Labute approximate surface area is 121 Å². The van der Waals surface area contributed by atoms with Crippen LogP contribution in [0.1, 0.15) is 30.1 Å². The predicted molar refractivity (Wildman–Crippen MR) is 73.9 cm³/mol. The molecule has 7 heteroatoms. The molecule has 0 bridgehead atoms. The van der Waals surface area contributed by atoms with Crippen LogP contribution in [-0.4, -0.2) is 49.6 Å². The molecule has 1 aliphatic heterocycles. The van der Waals surface area contributed by atoms with Crippen LogP contribution in [0.25, 0.3) is 5.52 Å². The minimum atomic E-state index is -0.796. The standard InChI is InChI=1S/C14H16N4O3/c1-14(13(20)21)2-5-17(6-3-14)12(19)10-8-16-18-7-4-15-9-11(10)18/h4,7-9H,2-3,5-6H2,1H3,(H,20,21). The number of carbonyl (C=O) groups is 2. The van der Waals surface area contributed by atoms with Gasteiger partial charge in [-0.2, -0.15) is 5.10 Å². The summed E-state index contributed by atoms with van der Waals surface area (Å²) in [5, 5.41) is 13.3. The van der Waals surface area contributed by atoms with E-state index in [2.05, 4.69) is 10.1 Å². The SMILES string of the molecule is CC1(C(=O)O)CCN(C(=O)c2cnn3ccncc23)CC1. The molecule has 1 fully saturated rings. The third-order valence-electron chi connectivity index (χ3n) is 4.23. The number of aliphatic carboxylic acids is 1. The van der Waals surface area contributed by atoms with E-state index in [1.165, 1.54) is 6.20 Å². The summed E-state index contributed by atoms with van der Waals surface area (Å²) in [6, 6.07) is 0. The number of likely N-dealkylation sites (tertiary alicyclic amines) is 1. The molecule has 0 radical (unpaired) electrons. The zero-order chi connectivity index (χ0) is 15.0. The minimum absolute atomic E-state index is 0.120. The van der Waals surface area contributed by atoms with E-state index in [0.29, 0.717) is 37.0 Å². The summed E-state index contributed by atoms with van der Waals surface area (Å²) in [4.78, 5) is 29.5. The number of carbonyl (C=O) groups excluding carboxylic acids is 1. The van der Waals surface area contributed by atoms with Gasteiger partial charge in [-0.25, -0.2) is 4.52 Å². The van der Waals surface area contributed by atoms with E-state index in [9.17, 15) is 14.7 Å².